The lowest BCUT2D eigenvalue weighted by Crippen LogP contribution is -2.34. The zero-order valence-electron chi connectivity index (χ0n) is 10.6. The second kappa shape index (κ2) is 5.28. The number of rotatable bonds is 2. The summed E-state index contributed by atoms with van der Waals surface area (Å²) in [6.45, 7) is 1.51. The third-order valence-electron chi connectivity index (χ3n) is 3.56. The quantitative estimate of drug-likeness (QED) is 0.836. The smallest absolute Gasteiger partial charge is 0.224 e. The Labute approximate surface area is 111 Å². The van der Waals surface area contributed by atoms with Gasteiger partial charge in [0.2, 0.25) is 5.91 Å². The lowest BCUT2D eigenvalue weighted by Gasteiger charge is -2.28. The third kappa shape index (κ3) is 2.63. The van der Waals surface area contributed by atoms with Crippen LogP contribution in [-0.2, 0) is 20.7 Å². The van der Waals surface area contributed by atoms with Crippen molar-refractivity contribution >= 4 is 11.6 Å². The van der Waals surface area contributed by atoms with Crippen LogP contribution in [0.4, 0.5) is 5.69 Å². The van der Waals surface area contributed by atoms with E-state index in [9.17, 15) is 9.90 Å². The SMILES string of the molecule is O=C1CCc2cc(C(O)C3COCCO3)ccc2N1. The van der Waals surface area contributed by atoms with Gasteiger partial charge in [-0.2, -0.15) is 0 Å². The van der Waals surface area contributed by atoms with Crippen LogP contribution in [-0.4, -0.2) is 36.9 Å². The van der Waals surface area contributed by atoms with Crippen molar-refractivity contribution < 1.29 is 19.4 Å². The van der Waals surface area contributed by atoms with Gasteiger partial charge in [-0.05, 0) is 23.6 Å². The molecule has 1 aromatic rings. The van der Waals surface area contributed by atoms with Gasteiger partial charge in [0.25, 0.3) is 0 Å². The molecular weight excluding hydrogens is 246 g/mol. The van der Waals surface area contributed by atoms with Gasteiger partial charge in [0, 0.05) is 12.1 Å². The van der Waals surface area contributed by atoms with E-state index in [4.69, 9.17) is 9.47 Å². The largest absolute Gasteiger partial charge is 0.386 e. The monoisotopic (exact) mass is 263 g/mol. The minimum atomic E-state index is -0.691. The maximum Gasteiger partial charge on any atom is 0.224 e. The van der Waals surface area contributed by atoms with Gasteiger partial charge in [-0.25, -0.2) is 0 Å². The van der Waals surface area contributed by atoms with Crippen molar-refractivity contribution in [3.63, 3.8) is 0 Å². The summed E-state index contributed by atoms with van der Waals surface area (Å²) < 4.78 is 10.8. The van der Waals surface area contributed by atoms with Crippen molar-refractivity contribution in [2.75, 3.05) is 25.1 Å². The average molecular weight is 263 g/mol. The van der Waals surface area contributed by atoms with E-state index in [1.165, 1.54) is 0 Å². The maximum absolute atomic E-state index is 11.3. The Bertz CT molecular complexity index is 482. The molecule has 102 valence electrons. The summed E-state index contributed by atoms with van der Waals surface area (Å²) in [7, 11) is 0. The van der Waals surface area contributed by atoms with Crippen molar-refractivity contribution in [1.29, 1.82) is 0 Å². The first-order valence-corrected chi connectivity index (χ1v) is 6.54. The first-order chi connectivity index (χ1) is 9.24. The van der Waals surface area contributed by atoms with Crippen LogP contribution in [0.5, 0.6) is 0 Å². The van der Waals surface area contributed by atoms with E-state index >= 15 is 0 Å². The van der Waals surface area contributed by atoms with E-state index in [1.54, 1.807) is 0 Å². The Morgan fingerprint density at radius 2 is 2.21 bits per heavy atom. The number of benzene rings is 1. The molecule has 2 atom stereocenters. The summed E-state index contributed by atoms with van der Waals surface area (Å²) in [4.78, 5) is 11.3. The van der Waals surface area contributed by atoms with Gasteiger partial charge in [-0.3, -0.25) is 4.79 Å². The number of ether oxygens (including phenoxy) is 2. The molecule has 1 aromatic carbocycles. The van der Waals surface area contributed by atoms with E-state index < -0.39 is 6.10 Å². The number of aryl methyl sites for hydroxylation is 1. The van der Waals surface area contributed by atoms with Gasteiger partial charge < -0.3 is 19.9 Å². The van der Waals surface area contributed by atoms with Crippen LogP contribution in [0, 0.1) is 0 Å². The van der Waals surface area contributed by atoms with Gasteiger partial charge in [0.05, 0.1) is 19.8 Å². The van der Waals surface area contributed by atoms with Crippen LogP contribution in [0.1, 0.15) is 23.7 Å². The topological polar surface area (TPSA) is 67.8 Å². The zero-order valence-corrected chi connectivity index (χ0v) is 10.6. The number of aliphatic hydroxyl groups excluding tert-OH is 1. The molecule has 0 spiro atoms. The van der Waals surface area contributed by atoms with Gasteiger partial charge in [0.15, 0.2) is 0 Å². The van der Waals surface area contributed by atoms with E-state index in [0.717, 1.165) is 16.8 Å². The summed E-state index contributed by atoms with van der Waals surface area (Å²) in [5, 5.41) is 13.1. The molecular formula is C14H17NO4. The highest BCUT2D eigenvalue weighted by Gasteiger charge is 2.26. The molecule has 1 fully saturated rings. The van der Waals surface area contributed by atoms with Crippen LogP contribution in [0.25, 0.3) is 0 Å². The average Bonchev–Trinajstić information content (AvgIpc) is 2.47. The minimum Gasteiger partial charge on any atom is -0.386 e. The minimum absolute atomic E-state index is 0.0461. The molecule has 2 aliphatic rings. The Morgan fingerprint density at radius 3 is 3.00 bits per heavy atom. The number of aliphatic hydroxyl groups is 1. The predicted octanol–water partition coefficient (Wildman–Crippen LogP) is 1.02. The van der Waals surface area contributed by atoms with Crippen molar-refractivity contribution in [1.82, 2.24) is 0 Å². The summed E-state index contributed by atoms with van der Waals surface area (Å²) in [6.07, 6.45) is 0.201. The third-order valence-corrected chi connectivity index (χ3v) is 3.56. The number of carbonyl (C=O) groups is 1. The Morgan fingerprint density at radius 1 is 1.32 bits per heavy atom. The van der Waals surface area contributed by atoms with Gasteiger partial charge in [-0.15, -0.1) is 0 Å². The molecule has 2 aliphatic heterocycles. The summed E-state index contributed by atoms with van der Waals surface area (Å²) in [5.74, 6) is 0.0461. The Balaban J connectivity index is 1.79. The fourth-order valence-electron chi connectivity index (χ4n) is 2.49. The number of amides is 1. The van der Waals surface area contributed by atoms with Crippen molar-refractivity contribution in [3.05, 3.63) is 29.3 Å². The summed E-state index contributed by atoms with van der Waals surface area (Å²) in [6, 6.07) is 5.61. The second-order valence-electron chi connectivity index (χ2n) is 4.89. The predicted molar refractivity (Wildman–Crippen MR) is 68.9 cm³/mol. The number of carbonyl (C=O) groups excluding carboxylic acids is 1. The molecule has 19 heavy (non-hydrogen) atoms. The Hall–Kier alpha value is -1.43. The summed E-state index contributed by atoms with van der Waals surface area (Å²) in [5.41, 5.74) is 2.71. The highest BCUT2D eigenvalue weighted by molar-refractivity contribution is 5.93. The molecule has 0 aromatic heterocycles. The number of hydrogen-bond acceptors (Lipinski definition) is 4. The lowest BCUT2D eigenvalue weighted by atomic mass is 9.96. The van der Waals surface area contributed by atoms with Crippen molar-refractivity contribution in [2.24, 2.45) is 0 Å². The molecule has 5 heteroatoms. The number of fused-ring (bicyclic) bond motifs is 1. The molecule has 2 unspecified atom stereocenters. The van der Waals surface area contributed by atoms with E-state index in [0.29, 0.717) is 32.7 Å². The second-order valence-corrected chi connectivity index (χ2v) is 4.89. The lowest BCUT2D eigenvalue weighted by molar-refractivity contribution is -0.133. The molecule has 5 nitrogen and oxygen atoms in total. The van der Waals surface area contributed by atoms with Gasteiger partial charge in [0.1, 0.15) is 12.2 Å². The first-order valence-electron chi connectivity index (χ1n) is 6.54. The first kappa shape index (κ1) is 12.6. The fraction of sp³-hybridized carbons (Fsp3) is 0.500. The Kier molecular flexibility index (Phi) is 3.50. The number of nitrogens with one attached hydrogen (secondary N) is 1. The molecule has 2 heterocycles. The summed E-state index contributed by atoms with van der Waals surface area (Å²) >= 11 is 0. The van der Waals surface area contributed by atoms with Crippen LogP contribution >= 0.6 is 0 Å². The normalized spacial score (nSPS) is 24.5. The van der Waals surface area contributed by atoms with Crippen LogP contribution in [0.2, 0.25) is 0 Å². The molecule has 3 rings (SSSR count). The molecule has 2 N–H and O–H groups in total. The van der Waals surface area contributed by atoms with Crippen molar-refractivity contribution in [3.8, 4) is 0 Å². The van der Waals surface area contributed by atoms with Crippen molar-refractivity contribution in [2.45, 2.75) is 25.0 Å². The zero-order chi connectivity index (χ0) is 13.2. The van der Waals surface area contributed by atoms with E-state index in [-0.39, 0.29) is 12.0 Å². The fourth-order valence-corrected chi connectivity index (χ4v) is 2.49. The number of hydrogen-bond donors (Lipinski definition) is 2. The molecule has 0 aliphatic carbocycles. The highest BCUT2D eigenvalue weighted by atomic mass is 16.6. The molecule has 1 amide bonds. The highest BCUT2D eigenvalue weighted by Crippen LogP contribution is 2.28. The van der Waals surface area contributed by atoms with Gasteiger partial charge >= 0.3 is 0 Å². The number of anilines is 1. The molecule has 0 saturated carbocycles. The van der Waals surface area contributed by atoms with Crippen LogP contribution < -0.4 is 5.32 Å². The van der Waals surface area contributed by atoms with E-state index in [2.05, 4.69) is 5.32 Å². The maximum atomic E-state index is 11.3. The molecule has 0 bridgehead atoms. The van der Waals surface area contributed by atoms with Crippen LogP contribution in [0.3, 0.4) is 0 Å². The van der Waals surface area contributed by atoms with Gasteiger partial charge in [-0.1, -0.05) is 12.1 Å². The van der Waals surface area contributed by atoms with Crippen LogP contribution in [0.15, 0.2) is 18.2 Å². The molecule has 1 saturated heterocycles. The van der Waals surface area contributed by atoms with E-state index in [1.807, 2.05) is 18.2 Å². The standard InChI is InChI=1S/C14H17NO4/c16-13-4-2-9-7-10(1-3-11(9)15-13)14(17)12-8-18-5-6-19-12/h1,3,7,12,14,17H,2,4-6,8H2,(H,15,16). The molecule has 0 radical (unpaired) electrons.